The summed E-state index contributed by atoms with van der Waals surface area (Å²) < 4.78 is 0. The lowest BCUT2D eigenvalue weighted by Gasteiger charge is -2.16. The zero-order chi connectivity index (χ0) is 11.3. The highest BCUT2D eigenvalue weighted by molar-refractivity contribution is 5.99. The van der Waals surface area contributed by atoms with Crippen LogP contribution < -0.4 is 0 Å². The normalized spacial score (nSPS) is 9.73. The Bertz CT molecular complexity index is 360. The van der Waals surface area contributed by atoms with E-state index in [1.165, 1.54) is 0 Å². The van der Waals surface area contributed by atoms with Crippen LogP contribution >= 0.6 is 0 Å². The highest BCUT2D eigenvalue weighted by Crippen LogP contribution is 2.19. The van der Waals surface area contributed by atoms with Gasteiger partial charge in [0, 0.05) is 13.6 Å². The number of hydrogen-bond acceptors (Lipinski definition) is 2. The number of para-hydroxylation sites is 1. The standard InChI is InChI=1S/C12H16N2O/c1-4-9-14(3)12(15)10-7-5-6-8-11(10)13-2/h5-8H,2,4,9H2,1,3H3. The van der Waals surface area contributed by atoms with Gasteiger partial charge in [-0.15, -0.1) is 0 Å². The molecule has 80 valence electrons. The summed E-state index contributed by atoms with van der Waals surface area (Å²) in [5, 5.41) is 0. The molecule has 0 radical (unpaired) electrons. The van der Waals surface area contributed by atoms with Gasteiger partial charge in [0.25, 0.3) is 5.91 Å². The third-order valence-corrected chi connectivity index (χ3v) is 2.21. The van der Waals surface area contributed by atoms with E-state index in [4.69, 9.17) is 0 Å². The van der Waals surface area contributed by atoms with Gasteiger partial charge in [0.1, 0.15) is 0 Å². The van der Waals surface area contributed by atoms with Crippen LogP contribution in [-0.2, 0) is 0 Å². The van der Waals surface area contributed by atoms with E-state index >= 15 is 0 Å². The van der Waals surface area contributed by atoms with Crippen molar-refractivity contribution in [3.8, 4) is 0 Å². The lowest BCUT2D eigenvalue weighted by molar-refractivity contribution is 0.0796. The lowest BCUT2D eigenvalue weighted by atomic mass is 10.1. The van der Waals surface area contributed by atoms with E-state index < -0.39 is 0 Å². The number of hydrogen-bond donors (Lipinski definition) is 0. The molecule has 1 aromatic rings. The summed E-state index contributed by atoms with van der Waals surface area (Å²) in [5.41, 5.74) is 1.26. The SMILES string of the molecule is C=Nc1ccccc1C(=O)N(C)CCC. The average molecular weight is 204 g/mol. The van der Waals surface area contributed by atoms with Gasteiger partial charge < -0.3 is 4.90 Å². The van der Waals surface area contributed by atoms with E-state index in [2.05, 4.69) is 11.7 Å². The van der Waals surface area contributed by atoms with Crippen LogP contribution in [0.2, 0.25) is 0 Å². The predicted molar refractivity (Wildman–Crippen MR) is 62.9 cm³/mol. The molecule has 3 heteroatoms. The molecule has 15 heavy (non-hydrogen) atoms. The Morgan fingerprint density at radius 2 is 2.13 bits per heavy atom. The van der Waals surface area contributed by atoms with Crippen LogP contribution in [0.3, 0.4) is 0 Å². The molecule has 0 saturated carbocycles. The van der Waals surface area contributed by atoms with Gasteiger partial charge >= 0.3 is 0 Å². The first-order chi connectivity index (χ1) is 7.20. The molecule has 0 aromatic heterocycles. The Labute approximate surface area is 90.4 Å². The lowest BCUT2D eigenvalue weighted by Crippen LogP contribution is -2.27. The molecule has 0 heterocycles. The fourth-order valence-electron chi connectivity index (χ4n) is 1.43. The zero-order valence-electron chi connectivity index (χ0n) is 9.23. The Kier molecular flexibility index (Phi) is 4.03. The van der Waals surface area contributed by atoms with E-state index in [0.29, 0.717) is 11.3 Å². The minimum Gasteiger partial charge on any atom is -0.342 e. The maximum Gasteiger partial charge on any atom is 0.255 e. The number of aliphatic imine (C=N–C) groups is 1. The Balaban J connectivity index is 2.95. The summed E-state index contributed by atoms with van der Waals surface area (Å²) in [6, 6.07) is 7.25. The van der Waals surface area contributed by atoms with Gasteiger partial charge in [-0.3, -0.25) is 9.79 Å². The molecule has 0 N–H and O–H groups in total. The number of rotatable bonds is 4. The second-order valence-electron chi connectivity index (χ2n) is 3.40. The summed E-state index contributed by atoms with van der Waals surface area (Å²) in [4.78, 5) is 17.5. The van der Waals surface area contributed by atoms with Gasteiger partial charge in [0.15, 0.2) is 0 Å². The second kappa shape index (κ2) is 5.29. The van der Waals surface area contributed by atoms with Crippen molar-refractivity contribution < 1.29 is 4.79 Å². The zero-order valence-corrected chi connectivity index (χ0v) is 9.23. The Hall–Kier alpha value is -1.64. The Morgan fingerprint density at radius 1 is 1.47 bits per heavy atom. The van der Waals surface area contributed by atoms with Gasteiger partial charge in [0.05, 0.1) is 11.3 Å². The number of carbonyl (C=O) groups is 1. The van der Waals surface area contributed by atoms with E-state index in [1.807, 2.05) is 19.1 Å². The molecular weight excluding hydrogens is 188 g/mol. The van der Waals surface area contributed by atoms with E-state index in [0.717, 1.165) is 13.0 Å². The molecule has 1 amide bonds. The third-order valence-electron chi connectivity index (χ3n) is 2.21. The molecule has 0 saturated heterocycles. The van der Waals surface area contributed by atoms with Gasteiger partial charge in [0.2, 0.25) is 0 Å². The smallest absolute Gasteiger partial charge is 0.255 e. The van der Waals surface area contributed by atoms with Crippen LogP contribution in [0.4, 0.5) is 5.69 Å². The van der Waals surface area contributed by atoms with Crippen molar-refractivity contribution in [1.29, 1.82) is 0 Å². The van der Waals surface area contributed by atoms with E-state index in [-0.39, 0.29) is 5.91 Å². The van der Waals surface area contributed by atoms with Crippen molar-refractivity contribution in [2.45, 2.75) is 13.3 Å². The van der Waals surface area contributed by atoms with Gasteiger partial charge in [-0.05, 0) is 25.3 Å². The molecule has 0 unspecified atom stereocenters. The van der Waals surface area contributed by atoms with Crippen LogP contribution in [0.25, 0.3) is 0 Å². The largest absolute Gasteiger partial charge is 0.342 e. The third kappa shape index (κ3) is 2.65. The van der Waals surface area contributed by atoms with Gasteiger partial charge in [-0.25, -0.2) is 0 Å². The molecule has 0 atom stereocenters. The minimum atomic E-state index is -0.000139. The summed E-state index contributed by atoms with van der Waals surface area (Å²) >= 11 is 0. The fraction of sp³-hybridized carbons (Fsp3) is 0.333. The van der Waals surface area contributed by atoms with Crippen LogP contribution in [-0.4, -0.2) is 31.1 Å². The number of carbonyl (C=O) groups excluding carboxylic acids is 1. The van der Waals surface area contributed by atoms with E-state index in [9.17, 15) is 4.79 Å². The molecular formula is C12H16N2O. The van der Waals surface area contributed by atoms with Crippen molar-refractivity contribution in [2.75, 3.05) is 13.6 Å². The minimum absolute atomic E-state index is 0.000139. The van der Waals surface area contributed by atoms with Crippen molar-refractivity contribution in [3.63, 3.8) is 0 Å². The van der Waals surface area contributed by atoms with Crippen molar-refractivity contribution in [1.82, 2.24) is 4.90 Å². The summed E-state index contributed by atoms with van der Waals surface area (Å²) in [7, 11) is 1.80. The second-order valence-corrected chi connectivity index (χ2v) is 3.40. The molecule has 0 spiro atoms. The number of nitrogens with zero attached hydrogens (tertiary/aromatic N) is 2. The summed E-state index contributed by atoms with van der Waals surface area (Å²) in [6.45, 7) is 6.26. The average Bonchev–Trinajstić information content (AvgIpc) is 2.28. The maximum absolute atomic E-state index is 12.0. The molecule has 1 aromatic carbocycles. The Morgan fingerprint density at radius 3 is 2.73 bits per heavy atom. The fourth-order valence-corrected chi connectivity index (χ4v) is 1.43. The molecule has 3 nitrogen and oxygen atoms in total. The molecule has 0 aliphatic heterocycles. The topological polar surface area (TPSA) is 32.7 Å². The quantitative estimate of drug-likeness (QED) is 0.693. The first kappa shape index (κ1) is 11.4. The predicted octanol–water partition coefficient (Wildman–Crippen LogP) is 2.50. The van der Waals surface area contributed by atoms with Gasteiger partial charge in [-0.1, -0.05) is 19.1 Å². The monoisotopic (exact) mass is 204 g/mol. The van der Waals surface area contributed by atoms with Crippen LogP contribution in [0.15, 0.2) is 29.3 Å². The molecule has 0 fully saturated rings. The van der Waals surface area contributed by atoms with Crippen molar-refractivity contribution >= 4 is 18.3 Å². The number of benzene rings is 1. The number of amides is 1. The maximum atomic E-state index is 12.0. The van der Waals surface area contributed by atoms with E-state index in [1.54, 1.807) is 24.1 Å². The van der Waals surface area contributed by atoms with Crippen LogP contribution in [0, 0.1) is 0 Å². The van der Waals surface area contributed by atoms with Crippen LogP contribution in [0.5, 0.6) is 0 Å². The first-order valence-corrected chi connectivity index (χ1v) is 5.02. The van der Waals surface area contributed by atoms with Crippen LogP contribution in [0.1, 0.15) is 23.7 Å². The first-order valence-electron chi connectivity index (χ1n) is 5.02. The highest BCUT2D eigenvalue weighted by Gasteiger charge is 2.13. The molecule has 0 bridgehead atoms. The molecule has 0 aliphatic rings. The van der Waals surface area contributed by atoms with Crippen molar-refractivity contribution in [2.24, 2.45) is 4.99 Å². The molecule has 1 rings (SSSR count). The summed E-state index contributed by atoms with van der Waals surface area (Å²) in [5.74, 6) is -0.000139. The van der Waals surface area contributed by atoms with Crippen molar-refractivity contribution in [3.05, 3.63) is 29.8 Å². The molecule has 0 aliphatic carbocycles. The van der Waals surface area contributed by atoms with Gasteiger partial charge in [-0.2, -0.15) is 0 Å². The highest BCUT2D eigenvalue weighted by atomic mass is 16.2. The summed E-state index contributed by atoms with van der Waals surface area (Å²) in [6.07, 6.45) is 0.950.